The fourth-order valence-corrected chi connectivity index (χ4v) is 8.08. The zero-order chi connectivity index (χ0) is 33.4. The molecule has 11 nitrogen and oxygen atoms in total. The lowest BCUT2D eigenvalue weighted by atomic mass is 9.81. The van der Waals surface area contributed by atoms with Gasteiger partial charge in [-0.1, -0.05) is 49.6 Å². The number of morpholine rings is 1. The Morgan fingerprint density at radius 3 is 2.56 bits per heavy atom. The Labute approximate surface area is 281 Å². The molecular weight excluding hydrogens is 630 g/mol. The highest BCUT2D eigenvalue weighted by molar-refractivity contribution is 7.87. The summed E-state index contributed by atoms with van der Waals surface area (Å²) in [6.45, 7) is 2.95. The maximum atomic E-state index is 13.3. The van der Waals surface area contributed by atoms with Gasteiger partial charge in [-0.3, -0.25) is 9.59 Å². The van der Waals surface area contributed by atoms with Crippen molar-refractivity contribution in [3.8, 4) is 11.3 Å². The van der Waals surface area contributed by atoms with Crippen LogP contribution in [0.4, 0.5) is 0 Å². The monoisotopic (exact) mass is 673 g/mol. The van der Waals surface area contributed by atoms with Crippen LogP contribution in [0.3, 0.4) is 0 Å². The fraction of sp³-hybridized carbons (Fsp3) is 0.472. The van der Waals surface area contributed by atoms with Crippen LogP contribution in [0.5, 0.6) is 0 Å². The van der Waals surface area contributed by atoms with E-state index in [9.17, 15) is 18.0 Å². The van der Waals surface area contributed by atoms with Gasteiger partial charge in [0.1, 0.15) is 5.76 Å². The molecule has 1 saturated heterocycles. The molecule has 3 aliphatic rings. The molecule has 1 unspecified atom stereocenters. The molecule has 4 heterocycles. The molecule has 4 aromatic rings. The molecular formula is C36H43N5O6S. The van der Waals surface area contributed by atoms with Crippen molar-refractivity contribution in [1.82, 2.24) is 23.5 Å². The van der Waals surface area contributed by atoms with Crippen LogP contribution < -0.4 is 4.72 Å². The van der Waals surface area contributed by atoms with Crippen molar-refractivity contribution >= 4 is 32.9 Å². The predicted octanol–water partition coefficient (Wildman–Crippen LogP) is 5.01. The summed E-state index contributed by atoms with van der Waals surface area (Å²) in [4.78, 5) is 32.6. The van der Waals surface area contributed by atoms with Gasteiger partial charge in [-0.15, -0.1) is 0 Å². The van der Waals surface area contributed by atoms with Crippen molar-refractivity contribution in [3.05, 3.63) is 77.0 Å². The first kappa shape index (κ1) is 32.5. The van der Waals surface area contributed by atoms with Gasteiger partial charge >= 0.3 is 10.2 Å². The molecule has 1 atom stereocenters. The molecule has 2 aliphatic heterocycles. The minimum absolute atomic E-state index is 0.0940. The second-order valence-electron chi connectivity index (χ2n) is 13.4. The molecule has 2 aromatic heterocycles. The number of nitrogens with one attached hydrogen (secondary N) is 1. The van der Waals surface area contributed by atoms with Gasteiger partial charge in [0.25, 0.3) is 5.91 Å². The first-order chi connectivity index (χ1) is 23.2. The zero-order valence-corrected chi connectivity index (χ0v) is 28.4. The molecule has 0 bridgehead atoms. The van der Waals surface area contributed by atoms with Gasteiger partial charge in [0.2, 0.25) is 5.91 Å². The van der Waals surface area contributed by atoms with Gasteiger partial charge in [-0.2, -0.15) is 12.7 Å². The molecule has 1 saturated carbocycles. The second-order valence-corrected chi connectivity index (χ2v) is 15.3. The topological polar surface area (TPSA) is 127 Å². The van der Waals surface area contributed by atoms with Gasteiger partial charge in [0, 0.05) is 68.6 Å². The van der Waals surface area contributed by atoms with Crippen LogP contribution in [-0.2, 0) is 39.1 Å². The third kappa shape index (κ3) is 6.40. The molecule has 1 N–H and O–H groups in total. The number of carbonyl (C=O) groups is 2. The first-order valence-corrected chi connectivity index (χ1v) is 18.4. The summed E-state index contributed by atoms with van der Waals surface area (Å²) in [6.07, 6.45) is 9.09. The average Bonchev–Trinajstić information content (AvgIpc) is 3.65. The Balaban J connectivity index is 1.27. The zero-order valence-electron chi connectivity index (χ0n) is 27.6. The maximum absolute atomic E-state index is 13.3. The SMILES string of the molecule is CN(C)S(=O)(=O)NC(=O)c1ccc2c(C3CCCCC3)c3n(c2c1)CC(c1ncc(CCC(=O)N2CCOCC2)o1)Cc1ccccc1-3. The van der Waals surface area contributed by atoms with Crippen molar-refractivity contribution in [2.75, 3.05) is 40.4 Å². The lowest BCUT2D eigenvalue weighted by molar-refractivity contribution is -0.135. The van der Waals surface area contributed by atoms with Crippen LogP contribution in [-0.4, -0.2) is 79.4 Å². The Bertz CT molecular complexity index is 1930. The van der Waals surface area contributed by atoms with Crippen molar-refractivity contribution < 1.29 is 27.2 Å². The summed E-state index contributed by atoms with van der Waals surface area (Å²) < 4.78 is 42.3. The van der Waals surface area contributed by atoms with E-state index in [1.165, 1.54) is 50.0 Å². The average molecular weight is 674 g/mol. The molecule has 2 fully saturated rings. The number of nitrogens with zero attached hydrogens (tertiary/aromatic N) is 4. The Morgan fingerprint density at radius 2 is 1.79 bits per heavy atom. The van der Waals surface area contributed by atoms with Gasteiger partial charge < -0.3 is 18.6 Å². The van der Waals surface area contributed by atoms with E-state index in [1.54, 1.807) is 12.3 Å². The number of aromatic nitrogens is 2. The van der Waals surface area contributed by atoms with Gasteiger partial charge in [0.15, 0.2) is 5.89 Å². The minimum atomic E-state index is -3.96. The predicted molar refractivity (Wildman–Crippen MR) is 182 cm³/mol. The van der Waals surface area contributed by atoms with E-state index in [0.717, 1.165) is 40.2 Å². The number of aryl methyl sites for hydroxylation is 1. The number of carbonyl (C=O) groups excluding carboxylic acids is 2. The number of oxazole rings is 1. The van der Waals surface area contributed by atoms with Gasteiger partial charge in [0.05, 0.1) is 31.0 Å². The fourth-order valence-electron chi connectivity index (χ4n) is 7.54. The molecule has 2 aromatic carbocycles. The smallest absolute Gasteiger partial charge is 0.303 e. The van der Waals surface area contributed by atoms with Crippen LogP contribution in [0.15, 0.2) is 53.1 Å². The Morgan fingerprint density at radius 1 is 1.02 bits per heavy atom. The molecule has 48 heavy (non-hydrogen) atoms. The molecule has 2 amide bonds. The largest absolute Gasteiger partial charge is 0.445 e. The van der Waals surface area contributed by atoms with Gasteiger partial charge in [-0.05, 0) is 48.4 Å². The van der Waals surface area contributed by atoms with Crippen LogP contribution in [0, 0.1) is 0 Å². The van der Waals surface area contributed by atoms with Crippen molar-refractivity contribution in [2.24, 2.45) is 0 Å². The molecule has 7 rings (SSSR count). The molecule has 1 aliphatic carbocycles. The summed E-state index contributed by atoms with van der Waals surface area (Å²) in [5, 5.41) is 1.09. The Kier molecular flexibility index (Phi) is 9.14. The molecule has 12 heteroatoms. The van der Waals surface area contributed by atoms with E-state index in [1.807, 2.05) is 17.0 Å². The highest BCUT2D eigenvalue weighted by Crippen LogP contribution is 2.47. The van der Waals surface area contributed by atoms with Gasteiger partial charge in [-0.25, -0.2) is 9.71 Å². The van der Waals surface area contributed by atoms with E-state index in [2.05, 4.69) is 33.6 Å². The van der Waals surface area contributed by atoms with Crippen molar-refractivity contribution in [3.63, 3.8) is 0 Å². The Hall–Kier alpha value is -4.00. The third-order valence-electron chi connectivity index (χ3n) is 10.1. The van der Waals surface area contributed by atoms with Crippen molar-refractivity contribution in [1.29, 1.82) is 0 Å². The molecule has 254 valence electrons. The summed E-state index contributed by atoms with van der Waals surface area (Å²) in [6, 6.07) is 14.1. The lowest BCUT2D eigenvalue weighted by Crippen LogP contribution is -2.40. The normalized spacial score (nSPS) is 18.8. The van der Waals surface area contributed by atoms with E-state index in [-0.39, 0.29) is 17.4 Å². The number of amides is 2. The molecule has 0 spiro atoms. The molecule has 0 radical (unpaired) electrons. The lowest BCUT2D eigenvalue weighted by Gasteiger charge is -2.26. The highest BCUT2D eigenvalue weighted by Gasteiger charge is 2.33. The first-order valence-electron chi connectivity index (χ1n) is 17.0. The van der Waals surface area contributed by atoms with Crippen LogP contribution in [0.2, 0.25) is 0 Å². The summed E-state index contributed by atoms with van der Waals surface area (Å²) in [5.74, 6) is 1.02. The van der Waals surface area contributed by atoms with E-state index >= 15 is 0 Å². The van der Waals surface area contributed by atoms with E-state index in [0.29, 0.717) is 63.3 Å². The quantitative estimate of drug-likeness (QED) is 0.279. The number of ether oxygens (including phenoxy) is 1. The number of hydrogen-bond donors (Lipinski definition) is 1. The summed E-state index contributed by atoms with van der Waals surface area (Å²) >= 11 is 0. The van der Waals surface area contributed by atoms with Crippen LogP contribution in [0.25, 0.3) is 22.2 Å². The maximum Gasteiger partial charge on any atom is 0.303 e. The number of hydrogen-bond acceptors (Lipinski definition) is 7. The highest BCUT2D eigenvalue weighted by atomic mass is 32.2. The number of fused-ring (bicyclic) bond motifs is 5. The number of rotatable bonds is 8. The third-order valence-corrected chi connectivity index (χ3v) is 11.5. The van der Waals surface area contributed by atoms with Crippen molar-refractivity contribution in [2.45, 2.75) is 69.7 Å². The van der Waals surface area contributed by atoms with Crippen LogP contribution in [0.1, 0.15) is 83.5 Å². The summed E-state index contributed by atoms with van der Waals surface area (Å²) in [5.41, 5.74) is 6.02. The number of benzene rings is 2. The second kappa shape index (κ2) is 13.5. The standard InChI is InChI=1S/C36H43N5O6S/c1-39(2)48(44,45)38-35(43)26-12-14-30-31(21-26)41-23-27(36-37-22-28(47-36)13-15-32(42)40-16-18-46-19-17-40)20-25-10-6-7-11-29(25)34(41)33(30)24-8-4-3-5-9-24/h6-7,10-12,14,21-22,24,27H,3-5,8-9,13,15-20,23H2,1-2H3,(H,38,43). The van der Waals surface area contributed by atoms with E-state index in [4.69, 9.17) is 14.1 Å². The summed E-state index contributed by atoms with van der Waals surface area (Å²) in [7, 11) is -1.19. The van der Waals surface area contributed by atoms with E-state index < -0.39 is 16.1 Å². The minimum Gasteiger partial charge on any atom is -0.445 e. The van der Waals surface area contributed by atoms with Crippen LogP contribution >= 0.6 is 0 Å².